The summed E-state index contributed by atoms with van der Waals surface area (Å²) in [5.41, 5.74) is 11.7. The standard InChI is InChI=1S/C34H25ClFN5O3/c1-18-24(3-2-4-28(18)41-33(43)19-5-9-21(36)10-6-19)25-15-16-27(32(37)42)31-30(25)26-14-13-23(17-29(26)40-31)39-34(44)38-22-11-7-20(35)8-12-22/h2-17,40H,1H3,(H2,37,42)(H,41,43)(H2,38,39,44). The lowest BCUT2D eigenvalue weighted by atomic mass is 9.93. The fraction of sp³-hybridized carbons (Fsp3) is 0.0294. The quantitative estimate of drug-likeness (QED) is 0.132. The lowest BCUT2D eigenvalue weighted by Crippen LogP contribution is -2.19. The molecule has 4 amide bonds. The predicted molar refractivity (Wildman–Crippen MR) is 173 cm³/mol. The fourth-order valence-electron chi connectivity index (χ4n) is 5.21. The zero-order valence-corrected chi connectivity index (χ0v) is 24.1. The van der Waals surface area contributed by atoms with Crippen molar-refractivity contribution >= 4 is 68.3 Å². The second kappa shape index (κ2) is 11.5. The van der Waals surface area contributed by atoms with Crippen molar-refractivity contribution in [1.29, 1.82) is 0 Å². The zero-order valence-electron chi connectivity index (χ0n) is 23.3. The first-order valence-electron chi connectivity index (χ1n) is 13.6. The van der Waals surface area contributed by atoms with E-state index in [1.54, 1.807) is 48.5 Å². The number of anilines is 3. The number of urea groups is 1. The van der Waals surface area contributed by atoms with Gasteiger partial charge in [-0.15, -0.1) is 0 Å². The second-order valence-electron chi connectivity index (χ2n) is 10.2. The Bertz CT molecular complexity index is 2090. The highest BCUT2D eigenvalue weighted by Gasteiger charge is 2.19. The van der Waals surface area contributed by atoms with Crippen LogP contribution < -0.4 is 21.7 Å². The van der Waals surface area contributed by atoms with E-state index in [0.717, 1.165) is 27.5 Å². The topological polar surface area (TPSA) is 129 Å². The Labute approximate surface area is 256 Å². The Morgan fingerprint density at radius 3 is 2.23 bits per heavy atom. The molecular formula is C34H25ClFN5O3. The lowest BCUT2D eigenvalue weighted by Gasteiger charge is -2.15. The largest absolute Gasteiger partial charge is 0.366 e. The van der Waals surface area contributed by atoms with Crippen molar-refractivity contribution in [3.05, 3.63) is 125 Å². The Hall–Kier alpha value is -5.67. The van der Waals surface area contributed by atoms with E-state index in [0.29, 0.717) is 44.2 Å². The summed E-state index contributed by atoms with van der Waals surface area (Å²) in [6, 6.07) is 26.1. The first-order chi connectivity index (χ1) is 21.2. The maximum Gasteiger partial charge on any atom is 0.323 e. The van der Waals surface area contributed by atoms with Gasteiger partial charge in [0.15, 0.2) is 0 Å². The number of benzene rings is 5. The van der Waals surface area contributed by atoms with E-state index in [4.69, 9.17) is 17.3 Å². The van der Waals surface area contributed by atoms with E-state index in [9.17, 15) is 18.8 Å². The van der Waals surface area contributed by atoms with Gasteiger partial charge in [-0.05, 0) is 96.4 Å². The molecule has 10 heteroatoms. The molecule has 44 heavy (non-hydrogen) atoms. The third kappa shape index (κ3) is 5.56. The number of primary amides is 1. The normalized spacial score (nSPS) is 11.0. The van der Waals surface area contributed by atoms with Gasteiger partial charge in [0, 0.05) is 43.9 Å². The average Bonchev–Trinajstić information content (AvgIpc) is 3.38. The van der Waals surface area contributed by atoms with Crippen LogP contribution in [0.15, 0.2) is 97.1 Å². The molecule has 0 radical (unpaired) electrons. The number of halogens is 2. The monoisotopic (exact) mass is 605 g/mol. The first kappa shape index (κ1) is 28.4. The smallest absolute Gasteiger partial charge is 0.323 e. The highest BCUT2D eigenvalue weighted by atomic mass is 35.5. The number of nitrogens with two attached hydrogens (primary N) is 1. The van der Waals surface area contributed by atoms with Crippen LogP contribution in [0.4, 0.5) is 26.2 Å². The molecule has 5 aromatic carbocycles. The number of H-pyrrole nitrogens is 1. The average molecular weight is 606 g/mol. The number of fused-ring (bicyclic) bond motifs is 3. The molecule has 0 aliphatic rings. The van der Waals surface area contributed by atoms with Crippen LogP contribution in [0.5, 0.6) is 0 Å². The van der Waals surface area contributed by atoms with E-state index in [1.807, 2.05) is 31.2 Å². The zero-order chi connectivity index (χ0) is 31.0. The molecular weight excluding hydrogens is 581 g/mol. The number of aromatic amines is 1. The van der Waals surface area contributed by atoms with Crippen molar-refractivity contribution in [2.24, 2.45) is 5.73 Å². The first-order valence-corrected chi connectivity index (χ1v) is 13.9. The van der Waals surface area contributed by atoms with Crippen LogP contribution in [0.3, 0.4) is 0 Å². The highest BCUT2D eigenvalue weighted by molar-refractivity contribution is 6.30. The maximum atomic E-state index is 13.4. The SMILES string of the molecule is Cc1c(NC(=O)c2ccc(F)cc2)cccc1-c1ccc(C(N)=O)c2[nH]c3cc(NC(=O)Nc4ccc(Cl)cc4)ccc3c12. The molecule has 0 aliphatic heterocycles. The molecule has 0 spiro atoms. The van der Waals surface area contributed by atoms with E-state index in [-0.39, 0.29) is 5.91 Å². The van der Waals surface area contributed by atoms with Crippen molar-refractivity contribution in [3.8, 4) is 11.1 Å². The summed E-state index contributed by atoms with van der Waals surface area (Å²) in [6.45, 7) is 1.89. The number of aromatic nitrogens is 1. The van der Waals surface area contributed by atoms with Gasteiger partial charge < -0.3 is 26.7 Å². The van der Waals surface area contributed by atoms with Gasteiger partial charge in [0.1, 0.15) is 5.82 Å². The van der Waals surface area contributed by atoms with E-state index < -0.39 is 17.8 Å². The van der Waals surface area contributed by atoms with Crippen LogP contribution in [0, 0.1) is 12.7 Å². The minimum atomic E-state index is -0.592. The van der Waals surface area contributed by atoms with Gasteiger partial charge in [0.25, 0.3) is 11.8 Å². The van der Waals surface area contributed by atoms with E-state index in [1.165, 1.54) is 24.3 Å². The molecule has 0 aliphatic carbocycles. The van der Waals surface area contributed by atoms with Crippen molar-refractivity contribution in [1.82, 2.24) is 4.98 Å². The minimum Gasteiger partial charge on any atom is -0.366 e. The lowest BCUT2D eigenvalue weighted by molar-refractivity contribution is 0.0998. The number of carbonyl (C=O) groups is 3. The summed E-state index contributed by atoms with van der Waals surface area (Å²) < 4.78 is 13.4. The number of amides is 4. The fourth-order valence-corrected chi connectivity index (χ4v) is 5.33. The summed E-state index contributed by atoms with van der Waals surface area (Å²) in [6.07, 6.45) is 0. The van der Waals surface area contributed by atoms with Gasteiger partial charge in [-0.25, -0.2) is 9.18 Å². The Morgan fingerprint density at radius 2 is 1.50 bits per heavy atom. The third-order valence-electron chi connectivity index (χ3n) is 7.36. The number of rotatable bonds is 6. The van der Waals surface area contributed by atoms with E-state index >= 15 is 0 Å². The van der Waals surface area contributed by atoms with Crippen molar-refractivity contribution in [3.63, 3.8) is 0 Å². The third-order valence-corrected chi connectivity index (χ3v) is 7.61. The molecule has 0 unspecified atom stereocenters. The molecule has 0 fully saturated rings. The van der Waals surface area contributed by atoms with Crippen molar-refractivity contribution in [2.75, 3.05) is 16.0 Å². The van der Waals surface area contributed by atoms with Crippen LogP contribution >= 0.6 is 11.6 Å². The van der Waals surface area contributed by atoms with Gasteiger partial charge in [-0.1, -0.05) is 35.9 Å². The molecule has 0 atom stereocenters. The molecule has 8 nitrogen and oxygen atoms in total. The maximum absolute atomic E-state index is 13.4. The molecule has 0 saturated heterocycles. The highest BCUT2D eigenvalue weighted by Crippen LogP contribution is 2.39. The molecule has 218 valence electrons. The summed E-state index contributed by atoms with van der Waals surface area (Å²) in [5, 5.41) is 10.6. The Balaban J connectivity index is 1.37. The Morgan fingerprint density at radius 1 is 0.795 bits per heavy atom. The van der Waals surface area contributed by atoms with E-state index in [2.05, 4.69) is 20.9 Å². The van der Waals surface area contributed by atoms with Crippen LogP contribution in [0.1, 0.15) is 26.3 Å². The molecule has 1 aromatic heterocycles. The predicted octanol–water partition coefficient (Wildman–Crippen LogP) is 8.08. The number of hydrogen-bond acceptors (Lipinski definition) is 3. The molecule has 6 rings (SSSR count). The van der Waals surface area contributed by atoms with Gasteiger partial charge >= 0.3 is 6.03 Å². The molecule has 0 saturated carbocycles. The molecule has 6 N–H and O–H groups in total. The number of carbonyl (C=O) groups excluding carboxylic acids is 3. The second-order valence-corrected chi connectivity index (χ2v) is 10.6. The van der Waals surface area contributed by atoms with Gasteiger partial charge in [-0.3, -0.25) is 9.59 Å². The summed E-state index contributed by atoms with van der Waals surface area (Å²) >= 11 is 5.92. The number of hydrogen-bond donors (Lipinski definition) is 5. The van der Waals surface area contributed by atoms with Crippen molar-refractivity contribution < 1.29 is 18.8 Å². The van der Waals surface area contributed by atoms with Crippen LogP contribution in [-0.4, -0.2) is 22.8 Å². The molecule has 0 bridgehead atoms. The van der Waals surface area contributed by atoms with Crippen LogP contribution in [0.2, 0.25) is 5.02 Å². The number of nitrogens with one attached hydrogen (secondary N) is 4. The minimum absolute atomic E-state index is 0.313. The molecule has 6 aromatic rings. The summed E-state index contributed by atoms with van der Waals surface area (Å²) in [5.74, 6) is -1.39. The van der Waals surface area contributed by atoms with Crippen molar-refractivity contribution in [2.45, 2.75) is 6.92 Å². The van der Waals surface area contributed by atoms with Crippen LogP contribution in [-0.2, 0) is 0 Å². The Kier molecular flexibility index (Phi) is 7.46. The summed E-state index contributed by atoms with van der Waals surface area (Å²) in [4.78, 5) is 41.2. The molecule has 1 heterocycles. The van der Waals surface area contributed by atoms with Crippen LogP contribution in [0.25, 0.3) is 32.9 Å². The van der Waals surface area contributed by atoms with Gasteiger partial charge in [0.05, 0.1) is 11.1 Å². The van der Waals surface area contributed by atoms with Gasteiger partial charge in [-0.2, -0.15) is 0 Å². The van der Waals surface area contributed by atoms with Gasteiger partial charge in [0.2, 0.25) is 0 Å². The summed E-state index contributed by atoms with van der Waals surface area (Å²) in [7, 11) is 0.